The third kappa shape index (κ3) is 4.67. The number of aliphatic hydroxyl groups excluding tert-OH is 2. The zero-order valence-corrected chi connectivity index (χ0v) is 19.7. The van der Waals surface area contributed by atoms with E-state index in [1.807, 2.05) is 31.2 Å². The van der Waals surface area contributed by atoms with E-state index >= 15 is 0 Å². The second-order valence-electron chi connectivity index (χ2n) is 9.30. The fraction of sp³-hybridized carbons (Fsp3) is 0.440. The first-order chi connectivity index (χ1) is 15.8. The highest BCUT2D eigenvalue weighted by atomic mass is 16.3. The largest absolute Gasteiger partial charge is 0.507 e. The number of nitrogens with one attached hydrogen (secondary N) is 1. The Morgan fingerprint density at radius 2 is 1.94 bits per heavy atom. The van der Waals surface area contributed by atoms with E-state index in [1.54, 1.807) is 17.2 Å². The van der Waals surface area contributed by atoms with Crippen molar-refractivity contribution in [3.63, 3.8) is 0 Å². The van der Waals surface area contributed by atoms with Gasteiger partial charge in [-0.1, -0.05) is 19.9 Å². The van der Waals surface area contributed by atoms with Crippen molar-refractivity contribution in [3.05, 3.63) is 53.2 Å². The van der Waals surface area contributed by atoms with Crippen LogP contribution in [0.5, 0.6) is 0 Å². The molecule has 1 unspecified atom stereocenters. The van der Waals surface area contributed by atoms with Gasteiger partial charge in [0.2, 0.25) is 0 Å². The molecule has 176 valence electrons. The van der Waals surface area contributed by atoms with Gasteiger partial charge < -0.3 is 30.2 Å². The molecule has 0 saturated carbocycles. The summed E-state index contributed by atoms with van der Waals surface area (Å²) >= 11 is 0. The Morgan fingerprint density at radius 1 is 1.21 bits per heavy atom. The number of amides is 1. The summed E-state index contributed by atoms with van der Waals surface area (Å²) in [5.41, 5.74) is 3.05. The van der Waals surface area contributed by atoms with Crippen molar-refractivity contribution in [2.45, 2.75) is 27.0 Å². The summed E-state index contributed by atoms with van der Waals surface area (Å²) in [7, 11) is 2.12. The molecule has 1 aromatic carbocycles. The Hall–Kier alpha value is -3.10. The lowest BCUT2D eigenvalue weighted by Crippen LogP contribution is -2.46. The van der Waals surface area contributed by atoms with Gasteiger partial charge in [0.25, 0.3) is 5.91 Å². The van der Waals surface area contributed by atoms with Crippen LogP contribution in [0.2, 0.25) is 0 Å². The van der Waals surface area contributed by atoms with Crippen LogP contribution in [0.1, 0.15) is 25.0 Å². The molecule has 2 aliphatic rings. The lowest BCUT2D eigenvalue weighted by atomic mass is 9.96. The van der Waals surface area contributed by atoms with Crippen LogP contribution in [0.15, 0.2) is 42.1 Å². The number of pyridine rings is 1. The van der Waals surface area contributed by atoms with Gasteiger partial charge in [0.05, 0.1) is 5.69 Å². The van der Waals surface area contributed by atoms with Gasteiger partial charge in [0, 0.05) is 50.2 Å². The van der Waals surface area contributed by atoms with Gasteiger partial charge in [-0.3, -0.25) is 4.79 Å². The second kappa shape index (κ2) is 9.41. The lowest BCUT2D eigenvalue weighted by Gasteiger charge is -2.39. The number of nitrogens with zero attached hydrogens (tertiary/aromatic N) is 4. The minimum atomic E-state index is -1.27. The molecule has 1 amide bonds. The van der Waals surface area contributed by atoms with E-state index in [9.17, 15) is 15.0 Å². The maximum absolute atomic E-state index is 13.2. The number of hydrogen-bond acceptors (Lipinski definition) is 7. The summed E-state index contributed by atoms with van der Waals surface area (Å²) in [5, 5.41) is 25.1. The van der Waals surface area contributed by atoms with Crippen molar-refractivity contribution < 1.29 is 15.0 Å². The van der Waals surface area contributed by atoms with E-state index in [2.05, 4.69) is 41.0 Å². The highest BCUT2D eigenvalue weighted by Gasteiger charge is 2.37. The maximum Gasteiger partial charge on any atom is 0.261 e. The number of fused-ring (bicyclic) bond motifs is 1. The quantitative estimate of drug-likeness (QED) is 0.644. The maximum atomic E-state index is 13.2. The van der Waals surface area contributed by atoms with Gasteiger partial charge in [-0.05, 0) is 49.7 Å². The second-order valence-corrected chi connectivity index (χ2v) is 9.30. The van der Waals surface area contributed by atoms with Crippen molar-refractivity contribution in [1.29, 1.82) is 0 Å². The molecule has 1 saturated heterocycles. The number of carbonyl (C=O) groups is 1. The van der Waals surface area contributed by atoms with E-state index in [-0.39, 0.29) is 17.3 Å². The molecular weight excluding hydrogens is 418 g/mol. The molecule has 8 heteroatoms. The summed E-state index contributed by atoms with van der Waals surface area (Å²) < 4.78 is 0. The number of rotatable bonds is 5. The van der Waals surface area contributed by atoms with E-state index < -0.39 is 12.1 Å². The minimum absolute atomic E-state index is 0.0689. The van der Waals surface area contributed by atoms with Gasteiger partial charge in [-0.25, -0.2) is 4.98 Å². The van der Waals surface area contributed by atoms with E-state index in [0.29, 0.717) is 17.9 Å². The van der Waals surface area contributed by atoms with E-state index in [4.69, 9.17) is 0 Å². The summed E-state index contributed by atoms with van der Waals surface area (Å²) in [5.74, 6) is -0.123. The van der Waals surface area contributed by atoms with Crippen LogP contribution in [0, 0.1) is 12.8 Å². The number of aromatic nitrogens is 1. The predicted octanol–water partition coefficient (Wildman–Crippen LogP) is 2.84. The highest BCUT2D eigenvalue weighted by molar-refractivity contribution is 6.10. The SMILES string of the molecule is Cc1cccnc1NC(=O)C1=C(O)c2ccc(N3CCN(C)CC3)cc2N(CC(C)C)C1O. The van der Waals surface area contributed by atoms with E-state index in [1.165, 1.54) is 0 Å². The molecule has 8 nitrogen and oxygen atoms in total. The molecule has 3 N–H and O–H groups in total. The Bertz CT molecular complexity index is 1060. The molecule has 2 aliphatic heterocycles. The fourth-order valence-corrected chi connectivity index (χ4v) is 4.38. The number of anilines is 3. The molecule has 1 aromatic heterocycles. The van der Waals surface area contributed by atoms with Crippen molar-refractivity contribution in [1.82, 2.24) is 9.88 Å². The summed E-state index contributed by atoms with van der Waals surface area (Å²) in [4.78, 5) is 23.8. The van der Waals surface area contributed by atoms with Gasteiger partial charge in [-0.15, -0.1) is 0 Å². The van der Waals surface area contributed by atoms with Crippen LogP contribution in [-0.4, -0.2) is 72.0 Å². The summed E-state index contributed by atoms with van der Waals surface area (Å²) in [6.45, 7) is 10.3. The third-order valence-electron chi connectivity index (χ3n) is 6.27. The van der Waals surface area contributed by atoms with Gasteiger partial charge in [-0.2, -0.15) is 0 Å². The monoisotopic (exact) mass is 451 g/mol. The Kier molecular flexibility index (Phi) is 6.58. The number of likely N-dealkylation sites (N-methyl/N-ethyl adjacent to an activating group) is 1. The molecule has 3 heterocycles. The molecule has 1 fully saturated rings. The number of aliphatic hydroxyl groups is 2. The van der Waals surface area contributed by atoms with Crippen molar-refractivity contribution in [3.8, 4) is 0 Å². The Balaban J connectivity index is 1.72. The molecule has 1 atom stereocenters. The first-order valence-corrected chi connectivity index (χ1v) is 11.4. The van der Waals surface area contributed by atoms with Gasteiger partial charge in [0.1, 0.15) is 17.2 Å². The predicted molar refractivity (Wildman–Crippen MR) is 131 cm³/mol. The van der Waals surface area contributed by atoms with Gasteiger partial charge >= 0.3 is 0 Å². The van der Waals surface area contributed by atoms with Crippen LogP contribution in [0.4, 0.5) is 17.2 Å². The van der Waals surface area contributed by atoms with Crippen molar-refractivity contribution in [2.75, 3.05) is 54.9 Å². The van der Waals surface area contributed by atoms with Gasteiger partial charge in [0.15, 0.2) is 6.23 Å². The normalized spacial score (nSPS) is 19.2. The molecule has 0 aliphatic carbocycles. The standard InChI is InChI=1S/C25H33N5O3/c1-16(2)15-30-20-14-18(29-12-10-28(4)11-13-29)7-8-19(20)22(31)21(25(30)33)24(32)27-23-17(3)6-5-9-26-23/h5-9,14,16,25,31,33H,10-13,15H2,1-4H3,(H,26,27,32). The zero-order valence-electron chi connectivity index (χ0n) is 19.7. The average molecular weight is 452 g/mol. The number of carbonyl (C=O) groups excluding carboxylic acids is 1. The van der Waals surface area contributed by atoms with Crippen LogP contribution in [0.3, 0.4) is 0 Å². The Morgan fingerprint density at radius 3 is 2.61 bits per heavy atom. The zero-order chi connectivity index (χ0) is 23.7. The average Bonchev–Trinajstić information content (AvgIpc) is 2.78. The number of piperazine rings is 1. The van der Waals surface area contributed by atoms with Crippen molar-refractivity contribution >= 4 is 28.9 Å². The van der Waals surface area contributed by atoms with Crippen LogP contribution < -0.4 is 15.1 Å². The number of hydrogen-bond donors (Lipinski definition) is 3. The molecule has 0 radical (unpaired) electrons. The van der Waals surface area contributed by atoms with Crippen molar-refractivity contribution in [2.24, 2.45) is 5.92 Å². The lowest BCUT2D eigenvalue weighted by molar-refractivity contribution is -0.113. The smallest absolute Gasteiger partial charge is 0.261 e. The van der Waals surface area contributed by atoms with Crippen LogP contribution in [-0.2, 0) is 4.79 Å². The molecule has 0 bridgehead atoms. The topological polar surface area (TPSA) is 92.2 Å². The number of aryl methyl sites for hydroxylation is 1. The molecule has 2 aromatic rings. The third-order valence-corrected chi connectivity index (χ3v) is 6.27. The fourth-order valence-electron chi connectivity index (χ4n) is 4.38. The van der Waals surface area contributed by atoms with Crippen LogP contribution in [0.25, 0.3) is 5.76 Å². The highest BCUT2D eigenvalue weighted by Crippen LogP contribution is 2.39. The summed E-state index contributed by atoms with van der Waals surface area (Å²) in [6, 6.07) is 9.46. The first-order valence-electron chi connectivity index (χ1n) is 11.4. The molecule has 33 heavy (non-hydrogen) atoms. The molecule has 4 rings (SSSR count). The van der Waals surface area contributed by atoms with E-state index in [0.717, 1.165) is 43.1 Å². The Labute approximate surface area is 195 Å². The molecule has 0 spiro atoms. The molecular formula is C25H33N5O3. The minimum Gasteiger partial charge on any atom is -0.507 e. The number of benzene rings is 1. The van der Waals surface area contributed by atoms with Crippen LogP contribution >= 0.6 is 0 Å². The first kappa shape index (κ1) is 23.1. The summed E-state index contributed by atoms with van der Waals surface area (Å²) in [6.07, 6.45) is 0.320.